The highest BCUT2D eigenvalue weighted by Gasteiger charge is 2.57. The fraction of sp³-hybridized carbons (Fsp3) is 0.250. The molecule has 1 saturated heterocycles. The van der Waals surface area contributed by atoms with Gasteiger partial charge in [0.15, 0.2) is 17.4 Å². The van der Waals surface area contributed by atoms with Gasteiger partial charge in [0.25, 0.3) is 0 Å². The predicted molar refractivity (Wildman–Crippen MR) is 141 cm³/mol. The van der Waals surface area contributed by atoms with Gasteiger partial charge in [-0.1, -0.05) is 91.0 Å². The summed E-state index contributed by atoms with van der Waals surface area (Å²) in [5, 5.41) is 1.74. The molecule has 0 saturated carbocycles. The van der Waals surface area contributed by atoms with Crippen LogP contribution in [0.3, 0.4) is 0 Å². The first-order chi connectivity index (χ1) is 19.2. The van der Waals surface area contributed by atoms with Crippen molar-refractivity contribution in [1.29, 1.82) is 0 Å². The Labute approximate surface area is 226 Å². The molecule has 0 spiro atoms. The van der Waals surface area contributed by atoms with Crippen molar-refractivity contribution in [2.75, 3.05) is 6.61 Å². The van der Waals surface area contributed by atoms with E-state index in [-0.39, 0.29) is 18.4 Å². The first kappa shape index (κ1) is 25.6. The summed E-state index contributed by atoms with van der Waals surface area (Å²) in [5.41, 5.74) is 3.59. The highest BCUT2D eigenvalue weighted by Crippen LogP contribution is 2.49. The van der Waals surface area contributed by atoms with Crippen molar-refractivity contribution in [1.82, 2.24) is 5.06 Å². The van der Waals surface area contributed by atoms with Crippen molar-refractivity contribution in [3.05, 3.63) is 137 Å². The molecular formula is C32H29F2NO4. The monoisotopic (exact) mass is 529 g/mol. The average Bonchev–Trinajstić information content (AvgIpc) is 3.46. The topological polar surface area (TPSA) is 40.2 Å². The zero-order valence-corrected chi connectivity index (χ0v) is 21.3. The maximum absolute atomic E-state index is 14.4. The van der Waals surface area contributed by atoms with Crippen molar-refractivity contribution < 1.29 is 27.8 Å². The zero-order valence-electron chi connectivity index (χ0n) is 21.3. The molecule has 0 aromatic heterocycles. The zero-order chi connectivity index (χ0) is 26.6. The summed E-state index contributed by atoms with van der Waals surface area (Å²) in [6.45, 7) is 1.37. The molecule has 0 amide bonds. The second kappa shape index (κ2) is 11.6. The van der Waals surface area contributed by atoms with E-state index in [1.54, 1.807) is 5.06 Å². The minimum Gasteiger partial charge on any atom is -0.404 e. The van der Waals surface area contributed by atoms with E-state index >= 15 is 0 Å². The summed E-state index contributed by atoms with van der Waals surface area (Å²) in [4.78, 5) is 6.13. The lowest BCUT2D eigenvalue weighted by molar-refractivity contribution is -0.125. The third-order valence-corrected chi connectivity index (χ3v) is 7.16. The first-order valence-corrected chi connectivity index (χ1v) is 13.1. The number of ether oxygens (including phenoxy) is 3. The number of halogens is 2. The lowest BCUT2D eigenvalue weighted by Gasteiger charge is -2.27. The van der Waals surface area contributed by atoms with Crippen molar-refractivity contribution in [3.8, 4) is 5.75 Å². The number of hydrogen-bond donors (Lipinski definition) is 0. The Hall–Kier alpha value is -3.62. The minimum absolute atomic E-state index is 0.273. The molecule has 2 heterocycles. The summed E-state index contributed by atoms with van der Waals surface area (Å²) in [7, 11) is 0. The van der Waals surface area contributed by atoms with Crippen LogP contribution in [-0.2, 0) is 34.0 Å². The van der Waals surface area contributed by atoms with Crippen LogP contribution in [0.2, 0.25) is 0 Å². The highest BCUT2D eigenvalue weighted by molar-refractivity contribution is 5.42. The van der Waals surface area contributed by atoms with Gasteiger partial charge in [0, 0.05) is 11.6 Å². The van der Waals surface area contributed by atoms with Gasteiger partial charge in [0.05, 0.1) is 32.5 Å². The van der Waals surface area contributed by atoms with Crippen LogP contribution in [0.15, 0.2) is 103 Å². The molecule has 0 radical (unpaired) electrons. The van der Waals surface area contributed by atoms with Gasteiger partial charge in [-0.15, -0.1) is 5.06 Å². The molecule has 0 unspecified atom stereocenters. The van der Waals surface area contributed by atoms with Crippen molar-refractivity contribution >= 4 is 0 Å². The summed E-state index contributed by atoms with van der Waals surface area (Å²) in [5.74, 6) is -1.60. The summed E-state index contributed by atoms with van der Waals surface area (Å²) in [6.07, 6.45) is -0.985. The Balaban J connectivity index is 1.30. The molecule has 0 N–H and O–H groups in total. The Bertz CT molecular complexity index is 1370. The van der Waals surface area contributed by atoms with Crippen LogP contribution in [0, 0.1) is 11.6 Å². The number of rotatable bonds is 10. The Morgan fingerprint density at radius 3 is 1.74 bits per heavy atom. The first-order valence-electron chi connectivity index (χ1n) is 13.1. The third kappa shape index (κ3) is 5.58. The van der Waals surface area contributed by atoms with Gasteiger partial charge in [0.2, 0.25) is 0 Å². The molecule has 0 bridgehead atoms. The number of nitrogens with zero attached hydrogens (tertiary/aromatic N) is 1. The van der Waals surface area contributed by atoms with Gasteiger partial charge in [0.1, 0.15) is 18.2 Å². The molecule has 0 aliphatic carbocycles. The van der Waals surface area contributed by atoms with Gasteiger partial charge < -0.3 is 19.0 Å². The van der Waals surface area contributed by atoms with Gasteiger partial charge in [-0.2, -0.15) is 0 Å². The van der Waals surface area contributed by atoms with E-state index in [1.165, 1.54) is 6.07 Å². The van der Waals surface area contributed by atoms with Gasteiger partial charge >= 0.3 is 0 Å². The standard InChI is InChI=1S/C32H29F2NO4/c33-26-16-25-29(17-27(26)34)39-35-28(21-36-18-22-10-4-1-5-11-22)31(37-19-23-12-6-2-7-13-23)32(30(25)35)38-20-24-14-8-3-9-15-24/h1-17,28,30-32H,18-21H2/t28-,30-,31-,32-/m1/s1. The van der Waals surface area contributed by atoms with Crippen LogP contribution >= 0.6 is 0 Å². The molecule has 200 valence electrons. The summed E-state index contributed by atoms with van der Waals surface area (Å²) >= 11 is 0. The third-order valence-electron chi connectivity index (χ3n) is 7.16. The molecule has 39 heavy (non-hydrogen) atoms. The summed E-state index contributed by atoms with van der Waals surface area (Å²) < 4.78 is 47.7. The molecule has 4 aromatic rings. The van der Waals surface area contributed by atoms with E-state index in [4.69, 9.17) is 19.0 Å². The van der Waals surface area contributed by atoms with Crippen LogP contribution in [0.25, 0.3) is 0 Å². The number of fused-ring (bicyclic) bond motifs is 3. The lowest BCUT2D eigenvalue weighted by Crippen LogP contribution is -2.42. The van der Waals surface area contributed by atoms with Gasteiger partial charge in [-0.25, -0.2) is 8.78 Å². The number of hydroxylamine groups is 2. The quantitative estimate of drug-likeness (QED) is 0.238. The largest absolute Gasteiger partial charge is 0.404 e. The fourth-order valence-electron chi connectivity index (χ4n) is 5.27. The maximum Gasteiger partial charge on any atom is 0.162 e. The predicted octanol–water partition coefficient (Wildman–Crippen LogP) is 6.39. The summed E-state index contributed by atoms with van der Waals surface area (Å²) in [6, 6.07) is 31.0. The van der Waals surface area contributed by atoms with E-state index < -0.39 is 29.9 Å². The van der Waals surface area contributed by atoms with Crippen LogP contribution in [0.4, 0.5) is 8.78 Å². The molecular weight excluding hydrogens is 500 g/mol. The number of benzene rings is 4. The SMILES string of the molecule is Fc1cc2c(cc1F)[C@@H]1[C@@H](OCc3ccccc3)[C@H](OCc3ccccc3)[C@@H](COCc3ccccc3)N1O2. The molecule has 7 heteroatoms. The van der Waals surface area contributed by atoms with E-state index in [0.717, 1.165) is 22.8 Å². The van der Waals surface area contributed by atoms with Crippen LogP contribution in [0.5, 0.6) is 5.75 Å². The smallest absolute Gasteiger partial charge is 0.162 e. The molecule has 4 aromatic carbocycles. The second-order valence-electron chi connectivity index (χ2n) is 9.79. The van der Waals surface area contributed by atoms with Crippen LogP contribution in [0.1, 0.15) is 28.3 Å². The molecule has 6 rings (SSSR count). The van der Waals surface area contributed by atoms with Crippen LogP contribution in [-0.4, -0.2) is 29.9 Å². The molecule has 2 aliphatic rings. The van der Waals surface area contributed by atoms with E-state index in [9.17, 15) is 8.78 Å². The lowest BCUT2D eigenvalue weighted by atomic mass is 9.99. The van der Waals surface area contributed by atoms with Crippen molar-refractivity contribution in [2.45, 2.75) is 44.1 Å². The van der Waals surface area contributed by atoms with Crippen molar-refractivity contribution in [3.63, 3.8) is 0 Å². The van der Waals surface area contributed by atoms with Crippen LogP contribution < -0.4 is 4.84 Å². The Kier molecular flexibility index (Phi) is 7.65. The van der Waals surface area contributed by atoms with E-state index in [1.807, 2.05) is 91.0 Å². The second-order valence-corrected chi connectivity index (χ2v) is 9.79. The van der Waals surface area contributed by atoms with Gasteiger partial charge in [-0.05, 0) is 22.8 Å². The Morgan fingerprint density at radius 1 is 0.641 bits per heavy atom. The molecule has 1 fully saturated rings. The van der Waals surface area contributed by atoms with Crippen molar-refractivity contribution in [2.24, 2.45) is 0 Å². The minimum atomic E-state index is -0.953. The normalized spacial score (nSPS) is 21.9. The molecule has 2 aliphatic heterocycles. The van der Waals surface area contributed by atoms with E-state index in [0.29, 0.717) is 25.4 Å². The molecule has 5 nitrogen and oxygen atoms in total. The Morgan fingerprint density at radius 2 is 1.15 bits per heavy atom. The van der Waals surface area contributed by atoms with Gasteiger partial charge in [-0.3, -0.25) is 0 Å². The van der Waals surface area contributed by atoms with E-state index in [2.05, 4.69) is 0 Å². The highest BCUT2D eigenvalue weighted by atomic mass is 19.2. The maximum atomic E-state index is 14.4. The molecule has 4 atom stereocenters. The fourth-order valence-corrected chi connectivity index (χ4v) is 5.27. The number of hydrogen-bond acceptors (Lipinski definition) is 5. The average molecular weight is 530 g/mol.